The third-order valence-electron chi connectivity index (χ3n) is 0. The van der Waals surface area contributed by atoms with Crippen LogP contribution in [0, 0.1) is 0 Å². The fourth-order valence-electron chi connectivity index (χ4n) is 0. The minimum atomic E-state index is 0. The van der Waals surface area contributed by atoms with Crippen molar-refractivity contribution in [3.63, 3.8) is 0 Å². The van der Waals surface area contributed by atoms with Gasteiger partial charge in [-0.05, 0) is 0 Å². The maximum absolute atomic E-state index is 0. The molecule has 125 valence electrons. The van der Waals surface area contributed by atoms with E-state index in [1.165, 1.54) is 0 Å². The maximum atomic E-state index is 0. The molecule has 0 amide bonds. The van der Waals surface area contributed by atoms with E-state index in [-0.39, 0.29) is 168 Å². The number of halogens is 9. The molecule has 0 aromatic heterocycles. The van der Waals surface area contributed by atoms with Crippen molar-refractivity contribution in [2.75, 3.05) is 0 Å². The molecular weight excluding hydrogens is 504 g/mol. The van der Waals surface area contributed by atoms with Crippen molar-refractivity contribution in [1.82, 2.24) is 36.9 Å². The Morgan fingerprint density at radius 1 is 0.188 bits per heavy atom. The van der Waals surface area contributed by atoms with Gasteiger partial charge in [-0.25, -0.2) is 0 Å². The molecule has 0 bridgehead atoms. The molecule has 6 nitrogen and oxygen atoms in total. The van der Waals surface area contributed by atoms with Gasteiger partial charge in [0.25, 0.3) is 0 Å². The molecule has 0 aliphatic carbocycles. The topological polar surface area (TPSA) is 219 Å². The van der Waals surface area contributed by atoms with E-state index in [1.807, 2.05) is 0 Å². The van der Waals surface area contributed by atoms with Crippen LogP contribution in [0.15, 0.2) is 0 Å². The van der Waals surface area contributed by atoms with Gasteiger partial charge in [0.2, 0.25) is 0 Å². The van der Waals surface area contributed by atoms with Crippen LogP contribution in [0.1, 0.15) is 0 Å². The molecule has 16 heavy (non-hydrogen) atoms. The Bertz CT molecular complexity index is 20.0. The van der Waals surface area contributed by atoms with E-state index in [2.05, 4.69) is 0 Å². The SMILES string of the molecule is [Cl-].[Cl-].[Cl-].[Cl-].[Cl-].[Cl-].[Cl-].[Cl-].[Cl-].[NH4+].[NH4+].[NH4+].[NH4+].[NH4+].[NH4+].[Ru+3]. The van der Waals surface area contributed by atoms with Gasteiger partial charge in [0, 0.05) is 0 Å². The quantitative estimate of drug-likeness (QED) is 0.161. The van der Waals surface area contributed by atoms with Crippen molar-refractivity contribution in [2.24, 2.45) is 0 Å². The van der Waals surface area contributed by atoms with Gasteiger partial charge in [0.1, 0.15) is 0 Å². The predicted octanol–water partition coefficient (Wildman–Crippen LogP) is -24.7. The van der Waals surface area contributed by atoms with Crippen molar-refractivity contribution in [2.45, 2.75) is 0 Å². The molecular formula is H24Cl9N6Ru. The van der Waals surface area contributed by atoms with Crippen LogP contribution < -0.4 is 149 Å². The minimum Gasteiger partial charge on any atom is -1.00 e. The number of hydrogen-bond acceptors (Lipinski definition) is 0. The number of hydrogen-bond donors (Lipinski definition) is 6. The molecule has 0 saturated carbocycles. The zero-order valence-corrected chi connectivity index (χ0v) is 18.3. The van der Waals surface area contributed by atoms with Crippen molar-refractivity contribution in [3.05, 3.63) is 0 Å². The molecule has 0 heterocycles. The van der Waals surface area contributed by atoms with E-state index in [4.69, 9.17) is 0 Å². The first-order valence-corrected chi connectivity index (χ1v) is 0. The summed E-state index contributed by atoms with van der Waals surface area (Å²) < 4.78 is 0. The molecule has 16 heteroatoms. The zero-order valence-electron chi connectivity index (χ0n) is 9.76. The average Bonchev–Trinajstić information content (AvgIpc) is 0. The Morgan fingerprint density at radius 2 is 0.188 bits per heavy atom. The van der Waals surface area contributed by atoms with Gasteiger partial charge in [0.05, 0.1) is 0 Å². The van der Waals surface area contributed by atoms with Crippen LogP contribution in [0.4, 0.5) is 0 Å². The van der Waals surface area contributed by atoms with Gasteiger partial charge in [-0.1, -0.05) is 0 Å². The Kier molecular flexibility index (Phi) is 24900. The molecule has 0 fully saturated rings. The Hall–Kier alpha value is 2.99. The molecule has 0 saturated heterocycles. The zero-order chi connectivity index (χ0) is 0. The minimum absolute atomic E-state index is 0. The summed E-state index contributed by atoms with van der Waals surface area (Å²) in [6.07, 6.45) is 0. The van der Waals surface area contributed by atoms with Gasteiger partial charge < -0.3 is 149 Å². The summed E-state index contributed by atoms with van der Waals surface area (Å²) in [5.41, 5.74) is 0. The van der Waals surface area contributed by atoms with Crippen LogP contribution in [0.3, 0.4) is 0 Å². The maximum Gasteiger partial charge on any atom is 3.00 e. The molecule has 0 spiro atoms. The van der Waals surface area contributed by atoms with Crippen molar-refractivity contribution < 1.29 is 131 Å². The third kappa shape index (κ3) is 485. The first-order valence-electron chi connectivity index (χ1n) is 0. The Balaban J connectivity index is 0. The van der Waals surface area contributed by atoms with Crippen LogP contribution in [0.2, 0.25) is 0 Å². The third-order valence-corrected chi connectivity index (χ3v) is 0. The first kappa shape index (κ1) is 686. The van der Waals surface area contributed by atoms with Crippen LogP contribution >= 0.6 is 0 Å². The van der Waals surface area contributed by atoms with Gasteiger partial charge in [-0.15, -0.1) is 0 Å². The summed E-state index contributed by atoms with van der Waals surface area (Å²) in [5, 5.41) is 0. The summed E-state index contributed by atoms with van der Waals surface area (Å²) in [4.78, 5) is 0. The van der Waals surface area contributed by atoms with E-state index in [9.17, 15) is 0 Å². The molecule has 0 aliphatic rings. The van der Waals surface area contributed by atoms with Crippen molar-refractivity contribution >= 4 is 0 Å². The van der Waals surface area contributed by atoms with E-state index < -0.39 is 0 Å². The monoisotopic (exact) mass is 525 g/mol. The summed E-state index contributed by atoms with van der Waals surface area (Å²) in [5.74, 6) is 0. The molecule has 1 radical (unpaired) electrons. The summed E-state index contributed by atoms with van der Waals surface area (Å²) >= 11 is 0. The average molecular weight is 528 g/mol. The summed E-state index contributed by atoms with van der Waals surface area (Å²) in [7, 11) is 0. The normalized spacial score (nSPS) is 0. The second-order valence-corrected chi connectivity index (χ2v) is 0. The van der Waals surface area contributed by atoms with Gasteiger partial charge >= 0.3 is 19.5 Å². The van der Waals surface area contributed by atoms with Crippen LogP contribution in [0.5, 0.6) is 0 Å². The number of quaternary nitrogens is 6. The van der Waals surface area contributed by atoms with E-state index in [1.54, 1.807) is 0 Å². The molecule has 0 aromatic rings. The van der Waals surface area contributed by atoms with Crippen LogP contribution in [-0.2, 0) is 19.5 Å². The molecule has 0 aliphatic heterocycles. The van der Waals surface area contributed by atoms with Crippen molar-refractivity contribution in [1.29, 1.82) is 0 Å². The second-order valence-electron chi connectivity index (χ2n) is 0. The van der Waals surface area contributed by atoms with E-state index in [0.29, 0.717) is 0 Å². The molecule has 0 atom stereocenters. The van der Waals surface area contributed by atoms with Gasteiger partial charge in [-0.2, -0.15) is 0 Å². The van der Waals surface area contributed by atoms with Gasteiger partial charge in [-0.3, -0.25) is 0 Å². The fourth-order valence-corrected chi connectivity index (χ4v) is 0. The molecule has 0 aromatic carbocycles. The summed E-state index contributed by atoms with van der Waals surface area (Å²) in [6, 6.07) is 0. The van der Waals surface area contributed by atoms with E-state index >= 15 is 0 Å². The summed E-state index contributed by atoms with van der Waals surface area (Å²) in [6.45, 7) is 0. The largest absolute Gasteiger partial charge is 3.00 e. The first-order chi connectivity index (χ1) is 0. The van der Waals surface area contributed by atoms with Crippen LogP contribution in [0.25, 0.3) is 0 Å². The van der Waals surface area contributed by atoms with Gasteiger partial charge in [0.15, 0.2) is 0 Å². The standard InChI is InChI=1S/9ClH.6H3N.Ru/h9*1H;6*1H3;/q;;;;;;;;;;;;;;;+3/p-3. The molecule has 0 rings (SSSR count). The van der Waals surface area contributed by atoms with Crippen molar-refractivity contribution in [3.8, 4) is 0 Å². The predicted molar refractivity (Wildman–Crippen MR) is 35.9 cm³/mol. The van der Waals surface area contributed by atoms with E-state index in [0.717, 1.165) is 0 Å². The fraction of sp³-hybridized carbons (Fsp3) is 0. The molecule has 0 unspecified atom stereocenters. The molecule has 24 N–H and O–H groups in total. The van der Waals surface area contributed by atoms with Crippen LogP contribution in [-0.4, -0.2) is 0 Å². The Morgan fingerprint density at radius 3 is 0.188 bits per heavy atom. The second kappa shape index (κ2) is 580. The Labute approximate surface area is 166 Å². The smallest absolute Gasteiger partial charge is 1.00 e. The number of rotatable bonds is 0.